The van der Waals surface area contributed by atoms with Crippen LogP contribution in [0.4, 0.5) is 0 Å². The van der Waals surface area contributed by atoms with Crippen molar-refractivity contribution in [2.75, 3.05) is 11.5 Å². The molecule has 2 fully saturated rings. The maximum Gasteiger partial charge on any atom is 0.227 e. The lowest BCUT2D eigenvalue weighted by Crippen LogP contribution is -2.37. The Kier molecular flexibility index (Phi) is 3.34. The Morgan fingerprint density at radius 3 is 2.74 bits per heavy atom. The average Bonchev–Trinajstić information content (AvgIpc) is 2.94. The molecule has 1 unspecified atom stereocenters. The van der Waals surface area contributed by atoms with Gasteiger partial charge in [0, 0.05) is 17.6 Å². The summed E-state index contributed by atoms with van der Waals surface area (Å²) < 4.78 is 23.0. The molecular weight excluding hydrogens is 284 g/mol. The highest BCUT2D eigenvalue weighted by atomic mass is 32.2. The number of carbonyl (C=O) groups excluding carboxylic acids is 1. The van der Waals surface area contributed by atoms with Gasteiger partial charge in [-0.3, -0.25) is 4.79 Å². The molecule has 0 aromatic carbocycles. The lowest BCUT2D eigenvalue weighted by atomic mass is 10.1. The average molecular weight is 300 g/mol. The zero-order chi connectivity index (χ0) is 13.5. The van der Waals surface area contributed by atoms with Gasteiger partial charge in [-0.1, -0.05) is 0 Å². The zero-order valence-electron chi connectivity index (χ0n) is 10.5. The maximum absolute atomic E-state index is 12.5. The third kappa shape index (κ3) is 2.97. The minimum atomic E-state index is -3.00. The van der Waals surface area contributed by atoms with Crippen molar-refractivity contribution in [2.24, 2.45) is 5.92 Å². The second-order valence-electron chi connectivity index (χ2n) is 5.22. The molecule has 1 aliphatic heterocycles. The minimum absolute atomic E-state index is 0.00113. The highest BCUT2D eigenvalue weighted by Gasteiger charge is 2.40. The number of amides is 1. The number of thiazole rings is 1. The molecule has 1 aromatic heterocycles. The van der Waals surface area contributed by atoms with Crippen LogP contribution in [-0.2, 0) is 21.2 Å². The first kappa shape index (κ1) is 13.1. The predicted molar refractivity (Wildman–Crippen MR) is 72.4 cm³/mol. The van der Waals surface area contributed by atoms with Crippen LogP contribution in [0.3, 0.4) is 0 Å². The van der Waals surface area contributed by atoms with E-state index < -0.39 is 9.84 Å². The van der Waals surface area contributed by atoms with Crippen molar-refractivity contribution in [1.82, 2.24) is 9.88 Å². The number of carbonyl (C=O) groups is 1. The van der Waals surface area contributed by atoms with Gasteiger partial charge in [-0.15, -0.1) is 11.3 Å². The van der Waals surface area contributed by atoms with Crippen LogP contribution in [0.1, 0.15) is 24.3 Å². The Hall–Kier alpha value is -0.950. The molecule has 0 spiro atoms. The van der Waals surface area contributed by atoms with Gasteiger partial charge in [0.05, 0.1) is 24.0 Å². The molecule has 1 saturated carbocycles. The molecule has 1 aliphatic carbocycles. The van der Waals surface area contributed by atoms with Crippen LogP contribution >= 0.6 is 11.3 Å². The van der Waals surface area contributed by atoms with Crippen LogP contribution in [0.5, 0.6) is 0 Å². The van der Waals surface area contributed by atoms with E-state index in [2.05, 4.69) is 4.98 Å². The Labute approximate surface area is 116 Å². The summed E-state index contributed by atoms with van der Waals surface area (Å²) in [6, 6.07) is 0.291. The molecule has 2 heterocycles. The lowest BCUT2D eigenvalue weighted by molar-refractivity contribution is -0.136. The molecule has 19 heavy (non-hydrogen) atoms. The highest BCUT2D eigenvalue weighted by molar-refractivity contribution is 7.91. The second-order valence-corrected chi connectivity index (χ2v) is 8.43. The fraction of sp³-hybridized carbons (Fsp3) is 0.667. The van der Waals surface area contributed by atoms with Crippen molar-refractivity contribution in [1.29, 1.82) is 0 Å². The van der Waals surface area contributed by atoms with Gasteiger partial charge in [-0.25, -0.2) is 13.4 Å². The van der Waals surface area contributed by atoms with E-state index in [4.69, 9.17) is 0 Å². The number of rotatable bonds is 4. The Balaban J connectivity index is 1.72. The van der Waals surface area contributed by atoms with Crippen molar-refractivity contribution in [2.45, 2.75) is 31.8 Å². The fourth-order valence-electron chi connectivity index (χ4n) is 2.47. The van der Waals surface area contributed by atoms with E-state index in [9.17, 15) is 13.2 Å². The normalized spacial score (nSPS) is 25.4. The molecule has 0 N–H and O–H groups in total. The van der Waals surface area contributed by atoms with Crippen LogP contribution in [0, 0.1) is 5.92 Å². The molecule has 0 radical (unpaired) electrons. The molecule has 104 valence electrons. The van der Waals surface area contributed by atoms with Crippen molar-refractivity contribution in [3.05, 3.63) is 16.6 Å². The van der Waals surface area contributed by atoms with E-state index in [0.717, 1.165) is 17.8 Å². The van der Waals surface area contributed by atoms with E-state index in [-0.39, 0.29) is 23.3 Å². The second kappa shape index (κ2) is 4.86. The Bertz CT molecular complexity index is 564. The maximum atomic E-state index is 12.5. The summed E-state index contributed by atoms with van der Waals surface area (Å²) >= 11 is 1.53. The largest absolute Gasteiger partial charge is 0.333 e. The van der Waals surface area contributed by atoms with Crippen LogP contribution in [0.2, 0.25) is 0 Å². The molecule has 1 amide bonds. The molecule has 3 rings (SSSR count). The summed E-state index contributed by atoms with van der Waals surface area (Å²) in [6.45, 7) is 0.526. The van der Waals surface area contributed by atoms with Gasteiger partial charge < -0.3 is 4.90 Å². The molecule has 1 atom stereocenters. The van der Waals surface area contributed by atoms with Gasteiger partial charge in [-0.05, 0) is 19.3 Å². The summed E-state index contributed by atoms with van der Waals surface area (Å²) in [7, 11) is -3.00. The van der Waals surface area contributed by atoms with Gasteiger partial charge in [-0.2, -0.15) is 0 Å². The van der Waals surface area contributed by atoms with Gasteiger partial charge in [0.2, 0.25) is 5.91 Å². The smallest absolute Gasteiger partial charge is 0.227 e. The molecule has 7 heteroatoms. The number of sulfone groups is 1. The lowest BCUT2D eigenvalue weighted by Gasteiger charge is -2.24. The first-order chi connectivity index (χ1) is 9.05. The van der Waals surface area contributed by atoms with E-state index in [0.29, 0.717) is 19.0 Å². The van der Waals surface area contributed by atoms with Crippen molar-refractivity contribution in [3.63, 3.8) is 0 Å². The van der Waals surface area contributed by atoms with Crippen LogP contribution in [-0.4, -0.2) is 41.8 Å². The van der Waals surface area contributed by atoms with E-state index >= 15 is 0 Å². The summed E-state index contributed by atoms with van der Waals surface area (Å²) in [5.74, 6) is -0.171. The van der Waals surface area contributed by atoms with Gasteiger partial charge >= 0.3 is 0 Å². The van der Waals surface area contributed by atoms with E-state index in [1.165, 1.54) is 11.3 Å². The molecule has 5 nitrogen and oxygen atoms in total. The fourth-order valence-corrected chi connectivity index (χ4v) is 4.82. The van der Waals surface area contributed by atoms with Crippen LogP contribution in [0.25, 0.3) is 0 Å². The predicted octanol–water partition coefficient (Wildman–Crippen LogP) is 1.07. The standard InChI is InChI=1S/C12H16N2O3S2/c15-12(9-3-6-19(16,17)8-9)14(10-1-2-10)7-11-13-4-5-18-11/h4-5,9-10H,1-3,6-8H2. The minimum Gasteiger partial charge on any atom is -0.333 e. The Morgan fingerprint density at radius 2 is 2.21 bits per heavy atom. The first-order valence-electron chi connectivity index (χ1n) is 6.44. The van der Waals surface area contributed by atoms with Gasteiger partial charge in [0.1, 0.15) is 5.01 Å². The quantitative estimate of drug-likeness (QED) is 0.834. The van der Waals surface area contributed by atoms with E-state index in [1.54, 1.807) is 6.20 Å². The van der Waals surface area contributed by atoms with E-state index in [1.807, 2.05) is 10.3 Å². The number of hydrogen-bond donors (Lipinski definition) is 0. The molecule has 2 aliphatic rings. The highest BCUT2D eigenvalue weighted by Crippen LogP contribution is 2.32. The van der Waals surface area contributed by atoms with Crippen molar-refractivity contribution < 1.29 is 13.2 Å². The van der Waals surface area contributed by atoms with Gasteiger partial charge in [0.25, 0.3) is 0 Å². The molecule has 1 aromatic rings. The SMILES string of the molecule is O=C(C1CCS(=O)(=O)C1)N(Cc1nccs1)C1CC1. The molecular formula is C12H16N2O3S2. The zero-order valence-corrected chi connectivity index (χ0v) is 12.1. The molecule has 1 saturated heterocycles. The third-order valence-electron chi connectivity index (χ3n) is 3.64. The summed E-state index contributed by atoms with van der Waals surface area (Å²) in [4.78, 5) is 18.5. The summed E-state index contributed by atoms with van der Waals surface area (Å²) in [5.41, 5.74) is 0. The number of nitrogens with zero attached hydrogens (tertiary/aromatic N) is 2. The van der Waals surface area contributed by atoms with Crippen molar-refractivity contribution in [3.8, 4) is 0 Å². The number of aromatic nitrogens is 1. The van der Waals surface area contributed by atoms with Crippen LogP contribution < -0.4 is 0 Å². The van der Waals surface area contributed by atoms with Gasteiger partial charge in [0.15, 0.2) is 9.84 Å². The summed E-state index contributed by atoms with van der Waals surface area (Å²) in [5, 5.41) is 2.81. The molecule has 0 bridgehead atoms. The van der Waals surface area contributed by atoms with Crippen molar-refractivity contribution >= 4 is 27.1 Å². The van der Waals surface area contributed by atoms with Crippen LogP contribution in [0.15, 0.2) is 11.6 Å². The topological polar surface area (TPSA) is 67.3 Å². The first-order valence-corrected chi connectivity index (χ1v) is 9.14. The third-order valence-corrected chi connectivity index (χ3v) is 6.17. The number of hydrogen-bond acceptors (Lipinski definition) is 5. The Morgan fingerprint density at radius 1 is 1.42 bits per heavy atom. The summed E-state index contributed by atoms with van der Waals surface area (Å²) in [6.07, 6.45) is 4.25. The monoisotopic (exact) mass is 300 g/mol.